The minimum atomic E-state index is 0.00133. The van der Waals surface area contributed by atoms with Crippen molar-refractivity contribution in [3.8, 4) is 17.1 Å². The number of carbonyl (C=O) groups excluding carboxylic acids is 1. The van der Waals surface area contributed by atoms with Crippen LogP contribution in [0.15, 0.2) is 55.1 Å². The first-order valence-electron chi connectivity index (χ1n) is 12.9. The number of ether oxygens (including phenoxy) is 1. The van der Waals surface area contributed by atoms with Gasteiger partial charge in [0.05, 0.1) is 12.2 Å². The van der Waals surface area contributed by atoms with E-state index < -0.39 is 0 Å². The molecule has 0 unspecified atom stereocenters. The van der Waals surface area contributed by atoms with Gasteiger partial charge in [0, 0.05) is 49.8 Å². The van der Waals surface area contributed by atoms with Crippen molar-refractivity contribution < 1.29 is 9.53 Å². The monoisotopic (exact) mass is 487 g/mol. The number of piperidine rings is 2. The first-order chi connectivity index (χ1) is 17.8. The molecule has 4 heterocycles. The number of benzene rings is 1. The Balaban J connectivity index is 1.05. The summed E-state index contributed by atoms with van der Waals surface area (Å²) in [5.41, 5.74) is 1.98. The molecule has 0 radical (unpaired) electrons. The van der Waals surface area contributed by atoms with E-state index in [2.05, 4.69) is 35.1 Å². The third-order valence-electron chi connectivity index (χ3n) is 6.87. The standard InChI is InChI=1S/C27H33N7O2/c35-27(28-11-16-36-26-18-25(31-20-32-26)33-12-5-2-6-13-33)22-9-14-34(15-10-22)24-17-23(29-19-30-24)21-7-3-1-4-8-21/h1,3-4,7-8,17-20,22H,2,5-6,9-16H2,(H,28,35). The van der Waals surface area contributed by atoms with Crippen molar-refractivity contribution in [2.45, 2.75) is 32.1 Å². The van der Waals surface area contributed by atoms with Crippen LogP contribution in [0, 0.1) is 5.92 Å². The lowest BCUT2D eigenvalue weighted by Crippen LogP contribution is -2.41. The summed E-state index contributed by atoms with van der Waals surface area (Å²) in [6.07, 6.45) is 8.41. The van der Waals surface area contributed by atoms with Crippen LogP contribution >= 0.6 is 0 Å². The van der Waals surface area contributed by atoms with Gasteiger partial charge in [-0.3, -0.25) is 4.79 Å². The molecule has 2 aliphatic heterocycles. The first kappa shape index (κ1) is 24.0. The molecule has 0 atom stereocenters. The van der Waals surface area contributed by atoms with E-state index in [9.17, 15) is 4.79 Å². The number of nitrogens with zero attached hydrogens (tertiary/aromatic N) is 6. The predicted octanol–water partition coefficient (Wildman–Crippen LogP) is 3.34. The molecule has 0 spiro atoms. The SMILES string of the molecule is O=C(NCCOc1cc(N2CCCCC2)ncn1)C1CCN(c2cc(-c3ccccc3)ncn2)CC1. The summed E-state index contributed by atoms with van der Waals surface area (Å²) < 4.78 is 5.78. The minimum Gasteiger partial charge on any atom is -0.476 e. The second-order valence-corrected chi connectivity index (χ2v) is 9.29. The molecular weight excluding hydrogens is 454 g/mol. The zero-order valence-electron chi connectivity index (χ0n) is 20.6. The molecule has 9 nitrogen and oxygen atoms in total. The quantitative estimate of drug-likeness (QED) is 0.484. The van der Waals surface area contributed by atoms with Crippen LogP contribution in [0.25, 0.3) is 11.3 Å². The summed E-state index contributed by atoms with van der Waals surface area (Å²) in [4.78, 5) is 34.7. The summed E-state index contributed by atoms with van der Waals surface area (Å²) in [5.74, 6) is 2.46. The lowest BCUT2D eigenvalue weighted by molar-refractivity contribution is -0.125. The van der Waals surface area contributed by atoms with Gasteiger partial charge in [0.1, 0.15) is 30.9 Å². The zero-order valence-corrected chi connectivity index (χ0v) is 20.6. The van der Waals surface area contributed by atoms with Gasteiger partial charge in [-0.15, -0.1) is 0 Å². The topological polar surface area (TPSA) is 96.4 Å². The molecule has 3 aromatic rings. The van der Waals surface area contributed by atoms with E-state index in [1.54, 1.807) is 12.7 Å². The van der Waals surface area contributed by atoms with E-state index in [1.807, 2.05) is 42.5 Å². The molecule has 1 aromatic carbocycles. The van der Waals surface area contributed by atoms with Gasteiger partial charge in [0.15, 0.2) is 0 Å². The average Bonchev–Trinajstić information content (AvgIpc) is 2.96. The van der Waals surface area contributed by atoms with E-state index in [0.29, 0.717) is 19.0 Å². The molecule has 5 rings (SSSR count). The lowest BCUT2D eigenvalue weighted by atomic mass is 9.96. The first-order valence-corrected chi connectivity index (χ1v) is 12.9. The Kier molecular flexibility index (Phi) is 7.85. The molecule has 1 amide bonds. The molecule has 0 aliphatic carbocycles. The number of amides is 1. The average molecular weight is 488 g/mol. The smallest absolute Gasteiger partial charge is 0.223 e. The van der Waals surface area contributed by atoms with E-state index in [4.69, 9.17) is 4.74 Å². The highest BCUT2D eigenvalue weighted by Crippen LogP contribution is 2.25. The summed E-state index contributed by atoms with van der Waals surface area (Å²) in [7, 11) is 0. The Morgan fingerprint density at radius 2 is 1.56 bits per heavy atom. The van der Waals surface area contributed by atoms with Crippen LogP contribution in [0.3, 0.4) is 0 Å². The summed E-state index contributed by atoms with van der Waals surface area (Å²) in [6.45, 7) is 4.46. The minimum absolute atomic E-state index is 0.00133. The van der Waals surface area contributed by atoms with Gasteiger partial charge >= 0.3 is 0 Å². The van der Waals surface area contributed by atoms with E-state index in [1.165, 1.54) is 19.3 Å². The third kappa shape index (κ3) is 6.08. The van der Waals surface area contributed by atoms with E-state index >= 15 is 0 Å². The summed E-state index contributed by atoms with van der Waals surface area (Å²) in [6, 6.07) is 14.0. The maximum Gasteiger partial charge on any atom is 0.223 e. The highest BCUT2D eigenvalue weighted by atomic mass is 16.5. The molecule has 9 heteroatoms. The van der Waals surface area contributed by atoms with Crippen molar-refractivity contribution in [1.29, 1.82) is 0 Å². The van der Waals surface area contributed by atoms with Crippen LogP contribution in [-0.4, -0.2) is 65.2 Å². The molecule has 1 N–H and O–H groups in total. The van der Waals surface area contributed by atoms with Crippen LogP contribution in [0.1, 0.15) is 32.1 Å². The number of carbonyl (C=O) groups is 1. The fourth-order valence-electron chi connectivity index (χ4n) is 4.84. The van der Waals surface area contributed by atoms with Gasteiger partial charge in [-0.1, -0.05) is 30.3 Å². The van der Waals surface area contributed by atoms with Gasteiger partial charge in [-0.25, -0.2) is 19.9 Å². The molecule has 36 heavy (non-hydrogen) atoms. The van der Waals surface area contributed by atoms with Crippen LogP contribution in [0.2, 0.25) is 0 Å². The second-order valence-electron chi connectivity index (χ2n) is 9.29. The van der Waals surface area contributed by atoms with Crippen molar-refractivity contribution in [3.05, 3.63) is 55.1 Å². The number of hydrogen-bond donors (Lipinski definition) is 1. The molecule has 2 fully saturated rings. The van der Waals surface area contributed by atoms with Crippen molar-refractivity contribution >= 4 is 17.5 Å². The van der Waals surface area contributed by atoms with Gasteiger partial charge in [-0.2, -0.15) is 0 Å². The molecule has 2 aliphatic rings. The molecule has 2 saturated heterocycles. The fourth-order valence-corrected chi connectivity index (χ4v) is 4.84. The molecule has 0 bridgehead atoms. The Hall–Kier alpha value is -3.75. The van der Waals surface area contributed by atoms with Crippen LogP contribution < -0.4 is 19.9 Å². The number of hydrogen-bond acceptors (Lipinski definition) is 8. The molecule has 0 saturated carbocycles. The van der Waals surface area contributed by atoms with Crippen molar-refractivity contribution in [2.75, 3.05) is 49.1 Å². The summed E-state index contributed by atoms with van der Waals surface area (Å²) in [5, 5.41) is 3.02. The molecule has 188 valence electrons. The van der Waals surface area contributed by atoms with Crippen molar-refractivity contribution in [2.24, 2.45) is 5.92 Å². The molecular formula is C27H33N7O2. The van der Waals surface area contributed by atoms with Gasteiger partial charge < -0.3 is 19.9 Å². The van der Waals surface area contributed by atoms with Gasteiger partial charge in [0.2, 0.25) is 11.8 Å². The zero-order chi connectivity index (χ0) is 24.6. The van der Waals surface area contributed by atoms with Crippen LogP contribution in [0.5, 0.6) is 5.88 Å². The maximum absolute atomic E-state index is 12.7. The Morgan fingerprint density at radius 3 is 2.33 bits per heavy atom. The second kappa shape index (κ2) is 11.8. The number of aromatic nitrogens is 4. The Bertz CT molecular complexity index is 1130. The number of rotatable bonds is 8. The third-order valence-corrected chi connectivity index (χ3v) is 6.87. The molecule has 2 aromatic heterocycles. The normalized spacial score (nSPS) is 16.6. The maximum atomic E-state index is 12.7. The highest BCUT2D eigenvalue weighted by molar-refractivity contribution is 5.79. The van der Waals surface area contributed by atoms with Crippen LogP contribution in [0.4, 0.5) is 11.6 Å². The van der Waals surface area contributed by atoms with Gasteiger partial charge in [-0.05, 0) is 32.1 Å². The van der Waals surface area contributed by atoms with Crippen molar-refractivity contribution in [3.63, 3.8) is 0 Å². The summed E-state index contributed by atoms with van der Waals surface area (Å²) >= 11 is 0. The fraction of sp³-hybridized carbons (Fsp3) is 0.444. The number of anilines is 2. The van der Waals surface area contributed by atoms with Crippen LogP contribution in [-0.2, 0) is 4.79 Å². The van der Waals surface area contributed by atoms with E-state index in [0.717, 1.165) is 61.9 Å². The Morgan fingerprint density at radius 1 is 0.861 bits per heavy atom. The Labute approximate surface area is 212 Å². The van der Waals surface area contributed by atoms with E-state index in [-0.39, 0.29) is 11.8 Å². The largest absolute Gasteiger partial charge is 0.476 e. The van der Waals surface area contributed by atoms with Gasteiger partial charge in [0.25, 0.3) is 0 Å². The highest BCUT2D eigenvalue weighted by Gasteiger charge is 2.25. The van der Waals surface area contributed by atoms with Crippen molar-refractivity contribution in [1.82, 2.24) is 25.3 Å². The predicted molar refractivity (Wildman–Crippen MR) is 139 cm³/mol. The lowest BCUT2D eigenvalue weighted by Gasteiger charge is -2.32. The number of nitrogens with one attached hydrogen (secondary N) is 1.